The number of para-hydroxylation sites is 5. The summed E-state index contributed by atoms with van der Waals surface area (Å²) in [5.41, 5.74) is 11.2. The first-order valence-corrected chi connectivity index (χ1v) is 14.5. The first-order chi connectivity index (χ1) is 21.3. The second kappa shape index (κ2) is 7.46. The van der Waals surface area contributed by atoms with E-state index in [0.29, 0.717) is 0 Å². The maximum atomic E-state index is 6.33. The van der Waals surface area contributed by atoms with Gasteiger partial charge in [-0.15, -0.1) is 0 Å². The Morgan fingerprint density at radius 3 is 2.16 bits per heavy atom. The van der Waals surface area contributed by atoms with Crippen molar-refractivity contribution < 1.29 is 4.42 Å². The Morgan fingerprint density at radius 1 is 0.488 bits per heavy atom. The fourth-order valence-corrected chi connectivity index (χ4v) is 7.47. The summed E-state index contributed by atoms with van der Waals surface area (Å²) >= 11 is 0. The molecule has 0 N–H and O–H groups in total. The molecule has 11 aromatic rings. The number of benzene rings is 6. The van der Waals surface area contributed by atoms with Crippen molar-refractivity contribution in [3.8, 4) is 5.69 Å². The van der Waals surface area contributed by atoms with Crippen molar-refractivity contribution in [2.75, 3.05) is 0 Å². The summed E-state index contributed by atoms with van der Waals surface area (Å²) in [6.45, 7) is 0. The number of furan rings is 1. The van der Waals surface area contributed by atoms with E-state index in [-0.39, 0.29) is 0 Å². The number of hydrogen-bond donors (Lipinski definition) is 0. The minimum atomic E-state index is 0.899. The standard InChI is InChI=1S/C38H20N4O/c1-5-14-30-22(8-1)24-17-19-33-34(25-9-2-6-15-32(25)43-33)37(24)41(30)21-16-18-31-27(20-21)23-10-7-11-26-35-38(42(31)36(23)26)40-29-13-4-3-12-28(29)39-35/h1-20H. The highest BCUT2D eigenvalue weighted by Crippen LogP contribution is 2.43. The van der Waals surface area contributed by atoms with Gasteiger partial charge in [0.2, 0.25) is 0 Å². The van der Waals surface area contributed by atoms with Crippen LogP contribution in [0.4, 0.5) is 0 Å². The molecule has 5 nitrogen and oxygen atoms in total. The van der Waals surface area contributed by atoms with Crippen LogP contribution in [0.2, 0.25) is 0 Å². The fourth-order valence-electron chi connectivity index (χ4n) is 7.47. The largest absolute Gasteiger partial charge is 0.456 e. The van der Waals surface area contributed by atoms with Gasteiger partial charge in [-0.3, -0.25) is 4.40 Å². The number of nitrogens with zero attached hydrogens (tertiary/aromatic N) is 4. The fraction of sp³-hybridized carbons (Fsp3) is 0. The van der Waals surface area contributed by atoms with Crippen LogP contribution < -0.4 is 0 Å². The molecule has 0 bridgehead atoms. The molecule has 43 heavy (non-hydrogen) atoms. The molecule has 0 fully saturated rings. The molecule has 0 aliphatic rings. The molecule has 0 atom stereocenters. The van der Waals surface area contributed by atoms with Crippen LogP contribution in [0.3, 0.4) is 0 Å². The lowest BCUT2D eigenvalue weighted by Crippen LogP contribution is -1.94. The van der Waals surface area contributed by atoms with Crippen LogP contribution in [0.5, 0.6) is 0 Å². The van der Waals surface area contributed by atoms with E-state index in [9.17, 15) is 0 Å². The van der Waals surface area contributed by atoms with Gasteiger partial charge in [-0.25, -0.2) is 9.97 Å². The van der Waals surface area contributed by atoms with E-state index in [1.165, 1.54) is 38.1 Å². The van der Waals surface area contributed by atoms with Gasteiger partial charge in [0.05, 0.1) is 38.5 Å². The molecule has 0 saturated carbocycles. The Labute approximate surface area is 243 Å². The predicted octanol–water partition coefficient (Wildman–Crippen LogP) is 9.78. The van der Waals surface area contributed by atoms with Crippen LogP contribution in [-0.2, 0) is 0 Å². The zero-order chi connectivity index (χ0) is 27.8. The molecule has 198 valence electrons. The summed E-state index contributed by atoms with van der Waals surface area (Å²) < 4.78 is 11.0. The lowest BCUT2D eigenvalue weighted by molar-refractivity contribution is 0.669. The van der Waals surface area contributed by atoms with Crippen LogP contribution in [-0.4, -0.2) is 18.9 Å². The molecule has 0 spiro atoms. The topological polar surface area (TPSA) is 48.3 Å². The lowest BCUT2D eigenvalue weighted by Gasteiger charge is -2.10. The Hall–Kier alpha value is -5.94. The Bertz CT molecular complexity index is 2960. The van der Waals surface area contributed by atoms with Crippen molar-refractivity contribution >= 4 is 93.1 Å². The van der Waals surface area contributed by atoms with E-state index >= 15 is 0 Å². The van der Waals surface area contributed by atoms with Crippen molar-refractivity contribution in [1.82, 2.24) is 18.9 Å². The SMILES string of the molecule is c1ccc2nc3c(nc2c1)c1cccc2c4cc(-n5c6ccccc6c6ccc7oc8ccccc8c7c65)ccc4n3c21. The molecule has 5 aromatic heterocycles. The molecular formula is C38H20N4O. The van der Waals surface area contributed by atoms with Crippen molar-refractivity contribution in [3.05, 3.63) is 121 Å². The van der Waals surface area contributed by atoms with Crippen molar-refractivity contribution in [2.24, 2.45) is 0 Å². The van der Waals surface area contributed by atoms with Gasteiger partial charge in [-0.1, -0.05) is 66.7 Å². The molecular weight excluding hydrogens is 528 g/mol. The summed E-state index contributed by atoms with van der Waals surface area (Å²) in [6, 6.07) is 42.8. The first kappa shape index (κ1) is 21.8. The molecule has 0 radical (unpaired) electrons. The summed E-state index contributed by atoms with van der Waals surface area (Å²) in [4.78, 5) is 10.2. The number of aromatic nitrogens is 4. The maximum absolute atomic E-state index is 6.33. The van der Waals surface area contributed by atoms with E-state index in [0.717, 1.165) is 60.7 Å². The molecule has 6 aromatic carbocycles. The summed E-state index contributed by atoms with van der Waals surface area (Å²) in [5, 5.41) is 8.26. The van der Waals surface area contributed by atoms with E-state index in [1.807, 2.05) is 30.3 Å². The molecule has 0 saturated heterocycles. The van der Waals surface area contributed by atoms with Gasteiger partial charge in [0.25, 0.3) is 0 Å². The van der Waals surface area contributed by atoms with E-state index in [2.05, 4.69) is 100.0 Å². The Kier molecular flexibility index (Phi) is 3.78. The Balaban J connectivity index is 1.30. The highest BCUT2D eigenvalue weighted by Gasteiger charge is 2.22. The number of hydrogen-bond acceptors (Lipinski definition) is 3. The number of rotatable bonds is 1. The van der Waals surface area contributed by atoms with Crippen LogP contribution in [0.1, 0.15) is 0 Å². The molecule has 0 amide bonds. The molecule has 11 rings (SSSR count). The molecule has 0 aliphatic heterocycles. The van der Waals surface area contributed by atoms with E-state index in [4.69, 9.17) is 14.4 Å². The smallest absolute Gasteiger partial charge is 0.165 e. The summed E-state index contributed by atoms with van der Waals surface area (Å²) in [5.74, 6) is 0. The zero-order valence-corrected chi connectivity index (χ0v) is 22.7. The first-order valence-electron chi connectivity index (χ1n) is 14.5. The highest BCUT2D eigenvalue weighted by atomic mass is 16.3. The quantitative estimate of drug-likeness (QED) is 0.205. The molecule has 0 aliphatic carbocycles. The van der Waals surface area contributed by atoms with Crippen molar-refractivity contribution in [3.63, 3.8) is 0 Å². The van der Waals surface area contributed by atoms with Crippen LogP contribution in [0, 0.1) is 0 Å². The number of fused-ring (bicyclic) bond motifs is 14. The van der Waals surface area contributed by atoms with Gasteiger partial charge in [0, 0.05) is 38.0 Å². The third-order valence-corrected chi connectivity index (χ3v) is 9.22. The third kappa shape index (κ3) is 2.59. The van der Waals surface area contributed by atoms with Gasteiger partial charge in [0.15, 0.2) is 5.65 Å². The van der Waals surface area contributed by atoms with Gasteiger partial charge in [-0.2, -0.15) is 0 Å². The minimum Gasteiger partial charge on any atom is -0.456 e. The summed E-state index contributed by atoms with van der Waals surface area (Å²) in [6.07, 6.45) is 0. The van der Waals surface area contributed by atoms with Gasteiger partial charge in [-0.05, 0) is 54.6 Å². The van der Waals surface area contributed by atoms with Crippen molar-refractivity contribution in [1.29, 1.82) is 0 Å². The average Bonchev–Trinajstić information content (AvgIpc) is 3.78. The van der Waals surface area contributed by atoms with E-state index in [1.54, 1.807) is 0 Å². The second-order valence-corrected chi connectivity index (χ2v) is 11.4. The van der Waals surface area contributed by atoms with Crippen LogP contribution in [0.25, 0.3) is 98.8 Å². The second-order valence-electron chi connectivity index (χ2n) is 11.4. The zero-order valence-electron chi connectivity index (χ0n) is 22.7. The molecule has 5 heterocycles. The molecule has 0 unspecified atom stereocenters. The van der Waals surface area contributed by atoms with Crippen molar-refractivity contribution in [2.45, 2.75) is 0 Å². The average molecular weight is 549 g/mol. The monoisotopic (exact) mass is 548 g/mol. The maximum Gasteiger partial charge on any atom is 0.165 e. The van der Waals surface area contributed by atoms with Crippen LogP contribution >= 0.6 is 0 Å². The normalized spacial score (nSPS) is 12.7. The summed E-state index contributed by atoms with van der Waals surface area (Å²) in [7, 11) is 0. The third-order valence-electron chi connectivity index (χ3n) is 9.22. The highest BCUT2D eigenvalue weighted by molar-refractivity contribution is 6.25. The minimum absolute atomic E-state index is 0.899. The predicted molar refractivity (Wildman–Crippen MR) is 176 cm³/mol. The molecule has 5 heteroatoms. The van der Waals surface area contributed by atoms with Gasteiger partial charge >= 0.3 is 0 Å². The van der Waals surface area contributed by atoms with Gasteiger partial charge < -0.3 is 8.98 Å². The Morgan fingerprint density at radius 2 is 1.23 bits per heavy atom. The van der Waals surface area contributed by atoms with Gasteiger partial charge in [0.1, 0.15) is 16.7 Å². The van der Waals surface area contributed by atoms with Crippen LogP contribution in [0.15, 0.2) is 126 Å². The van der Waals surface area contributed by atoms with E-state index < -0.39 is 0 Å². The lowest BCUT2D eigenvalue weighted by atomic mass is 10.1.